The first-order valence-corrected chi connectivity index (χ1v) is 4.19. The van der Waals surface area contributed by atoms with E-state index in [0.717, 1.165) is 0 Å². The lowest BCUT2D eigenvalue weighted by atomic mass is 15.9. The summed E-state index contributed by atoms with van der Waals surface area (Å²) >= 11 is 3.38. The van der Waals surface area contributed by atoms with Crippen LogP contribution in [0.3, 0.4) is 0 Å². The van der Waals surface area contributed by atoms with Crippen LogP contribution in [0.15, 0.2) is 0 Å². The molecule has 0 bridgehead atoms. The van der Waals surface area contributed by atoms with Crippen LogP contribution in [-0.2, 0) is 10.1 Å². The summed E-state index contributed by atoms with van der Waals surface area (Å²) in [7, 11) is -1.19. The van der Waals surface area contributed by atoms with Gasteiger partial charge in [-0.15, -0.1) is 0 Å². The zero-order valence-electron chi connectivity index (χ0n) is 2.12. The third kappa shape index (κ3) is 4.81. The second-order valence-corrected chi connectivity index (χ2v) is 3.52. The molecule has 0 aromatic rings. The zero-order valence-corrected chi connectivity index (χ0v) is 4.65. The molecule has 0 saturated carbocycles. The highest BCUT2D eigenvalue weighted by Crippen LogP contribution is 2.06. The van der Waals surface area contributed by atoms with E-state index in [2.05, 4.69) is 11.7 Å². The van der Waals surface area contributed by atoms with Crippen LogP contribution in [-0.4, -0.2) is 8.76 Å². The minimum atomic E-state index is -1.79. The standard InChI is InChI=1S/H2O2S3/c1-5(2)4-3/h3H,(H,1,2). The number of rotatable bonds is 1. The van der Waals surface area contributed by atoms with Gasteiger partial charge in [0.15, 0.2) is 0 Å². The lowest BCUT2D eigenvalue weighted by Gasteiger charge is -1.71. The molecule has 0 saturated heterocycles. The van der Waals surface area contributed by atoms with E-state index in [1.165, 1.54) is 0 Å². The van der Waals surface area contributed by atoms with E-state index in [1.807, 2.05) is 0 Å². The van der Waals surface area contributed by atoms with Gasteiger partial charge in [0.2, 0.25) is 10.1 Å². The third-order valence-corrected chi connectivity index (χ3v) is 1.72. The van der Waals surface area contributed by atoms with Gasteiger partial charge in [0.1, 0.15) is 0 Å². The Morgan fingerprint density at radius 2 is 2.20 bits per heavy atom. The Kier molecular flexibility index (Phi) is 3.51. The minimum absolute atomic E-state index is 0.602. The molecule has 1 unspecified atom stereocenters. The number of thiol groups is 1. The van der Waals surface area contributed by atoms with Crippen molar-refractivity contribution in [3.8, 4) is 0 Å². The van der Waals surface area contributed by atoms with E-state index in [4.69, 9.17) is 4.55 Å². The molecule has 0 aliphatic rings. The van der Waals surface area contributed by atoms with Crippen LogP contribution in [0.2, 0.25) is 0 Å². The molecular weight excluding hydrogens is 128 g/mol. The van der Waals surface area contributed by atoms with Gasteiger partial charge in [0.05, 0.1) is 0 Å². The van der Waals surface area contributed by atoms with Crippen molar-refractivity contribution in [2.75, 3.05) is 0 Å². The van der Waals surface area contributed by atoms with Crippen molar-refractivity contribution < 1.29 is 8.76 Å². The van der Waals surface area contributed by atoms with Gasteiger partial charge in [-0.3, -0.25) is 4.55 Å². The quantitative estimate of drug-likeness (QED) is 0.312. The molecule has 32 valence electrons. The van der Waals surface area contributed by atoms with Crippen molar-refractivity contribution in [3.63, 3.8) is 0 Å². The maximum absolute atomic E-state index is 9.37. The zero-order chi connectivity index (χ0) is 4.28. The molecule has 5 heavy (non-hydrogen) atoms. The lowest BCUT2D eigenvalue weighted by Crippen LogP contribution is -1.65. The Balaban J connectivity index is 2.85. The van der Waals surface area contributed by atoms with Crippen LogP contribution >= 0.6 is 21.5 Å². The largest absolute Gasteiger partial charge is 0.297 e. The van der Waals surface area contributed by atoms with Crippen LogP contribution in [0.5, 0.6) is 0 Å². The molecule has 0 radical (unpaired) electrons. The summed E-state index contributed by atoms with van der Waals surface area (Å²) in [5.74, 6) is 0. The first kappa shape index (κ1) is 5.81. The van der Waals surface area contributed by atoms with Gasteiger partial charge >= 0.3 is 0 Å². The molecule has 0 fully saturated rings. The first-order valence-electron chi connectivity index (χ1n) is 0.698. The summed E-state index contributed by atoms with van der Waals surface area (Å²) in [5, 5.41) is 0. The molecule has 0 heterocycles. The third-order valence-electron chi connectivity index (χ3n) is 0.0638. The molecule has 1 N–H and O–H groups in total. The summed E-state index contributed by atoms with van der Waals surface area (Å²) in [6.07, 6.45) is 0. The van der Waals surface area contributed by atoms with Crippen molar-refractivity contribution in [1.29, 1.82) is 0 Å². The molecule has 0 amide bonds. The molecule has 0 aromatic heterocycles. The second kappa shape index (κ2) is 3.02. The Morgan fingerprint density at radius 3 is 2.20 bits per heavy atom. The molecule has 5 heteroatoms. The van der Waals surface area contributed by atoms with Gasteiger partial charge in [0.25, 0.3) is 0 Å². The topological polar surface area (TPSA) is 37.3 Å². The predicted octanol–water partition coefficient (Wildman–Crippen LogP) is 0.701. The van der Waals surface area contributed by atoms with Gasteiger partial charge in [0, 0.05) is 9.83 Å². The van der Waals surface area contributed by atoms with E-state index < -0.39 is 10.1 Å². The van der Waals surface area contributed by atoms with Crippen molar-refractivity contribution in [2.24, 2.45) is 0 Å². The summed E-state index contributed by atoms with van der Waals surface area (Å²) in [6.45, 7) is 0. The summed E-state index contributed by atoms with van der Waals surface area (Å²) < 4.78 is 17.1. The van der Waals surface area contributed by atoms with E-state index in [9.17, 15) is 4.21 Å². The SMILES string of the molecule is O=S(O)SS. The fourth-order valence-corrected chi connectivity index (χ4v) is 0. The Labute approximate surface area is 40.8 Å². The normalized spacial score (nSPS) is 14.8. The Morgan fingerprint density at radius 1 is 2.00 bits per heavy atom. The van der Waals surface area contributed by atoms with Crippen LogP contribution in [0, 0.1) is 0 Å². The van der Waals surface area contributed by atoms with Crippen LogP contribution in [0.1, 0.15) is 0 Å². The van der Waals surface area contributed by atoms with Crippen molar-refractivity contribution in [2.45, 2.75) is 0 Å². The monoisotopic (exact) mass is 130 g/mol. The predicted molar refractivity (Wildman–Crippen MR) is 27.3 cm³/mol. The Hall–Kier alpha value is 0.810. The minimum Gasteiger partial charge on any atom is -0.297 e. The molecule has 0 rings (SSSR count). The van der Waals surface area contributed by atoms with E-state index in [-0.39, 0.29) is 0 Å². The number of hydrogen-bond donors (Lipinski definition) is 2. The van der Waals surface area contributed by atoms with Gasteiger partial charge in [-0.2, -0.15) is 0 Å². The van der Waals surface area contributed by atoms with Crippen LogP contribution < -0.4 is 0 Å². The first-order chi connectivity index (χ1) is 2.27. The maximum atomic E-state index is 9.37. The summed E-state index contributed by atoms with van der Waals surface area (Å²) in [5.41, 5.74) is 0. The van der Waals surface area contributed by atoms with Crippen molar-refractivity contribution in [1.82, 2.24) is 0 Å². The average Bonchev–Trinajstić information content (AvgIpc) is 1.38. The van der Waals surface area contributed by atoms with Crippen molar-refractivity contribution in [3.05, 3.63) is 0 Å². The number of hydrogen-bond acceptors (Lipinski definition) is 3. The van der Waals surface area contributed by atoms with Gasteiger partial charge in [-0.05, 0) is 0 Å². The fourth-order valence-electron chi connectivity index (χ4n) is 0. The van der Waals surface area contributed by atoms with E-state index in [1.54, 1.807) is 0 Å². The van der Waals surface area contributed by atoms with Crippen LogP contribution in [0.25, 0.3) is 0 Å². The highest BCUT2D eigenvalue weighted by atomic mass is 33.5. The van der Waals surface area contributed by atoms with E-state index >= 15 is 0 Å². The summed E-state index contributed by atoms with van der Waals surface area (Å²) in [4.78, 5) is 0. The molecule has 0 aliphatic heterocycles. The van der Waals surface area contributed by atoms with Crippen LogP contribution in [0.4, 0.5) is 0 Å². The molecule has 1 atom stereocenters. The summed E-state index contributed by atoms with van der Waals surface area (Å²) in [6, 6.07) is 0. The molecule has 0 spiro atoms. The fraction of sp³-hybridized carbons (Fsp3) is 0. The highest BCUT2D eigenvalue weighted by Gasteiger charge is 1.78. The second-order valence-electron chi connectivity index (χ2n) is 0.292. The maximum Gasteiger partial charge on any atom is 0.227 e. The average molecular weight is 130 g/mol. The molecular formula is H2O2S3. The van der Waals surface area contributed by atoms with Crippen molar-refractivity contribution >= 4 is 31.6 Å². The van der Waals surface area contributed by atoms with Gasteiger partial charge in [-0.1, -0.05) is 11.7 Å². The molecule has 0 aliphatic carbocycles. The molecule has 2 nitrogen and oxygen atoms in total. The van der Waals surface area contributed by atoms with Gasteiger partial charge < -0.3 is 0 Å². The lowest BCUT2D eigenvalue weighted by molar-refractivity contribution is 0.581. The Bertz CT molecular complexity index is 40.2. The smallest absolute Gasteiger partial charge is 0.227 e. The van der Waals surface area contributed by atoms with E-state index in [0.29, 0.717) is 9.83 Å². The highest BCUT2D eigenvalue weighted by molar-refractivity contribution is 9.00. The molecule has 0 aromatic carbocycles. The van der Waals surface area contributed by atoms with Gasteiger partial charge in [-0.25, -0.2) is 4.21 Å².